The topological polar surface area (TPSA) is 42.7 Å². The van der Waals surface area contributed by atoms with Crippen molar-refractivity contribution in [1.82, 2.24) is 20.1 Å². The van der Waals surface area contributed by atoms with Gasteiger partial charge in [0.05, 0.1) is 17.3 Å². The second-order valence-electron chi connectivity index (χ2n) is 5.28. The highest BCUT2D eigenvalue weighted by molar-refractivity contribution is 5.79. The molecule has 1 unspecified atom stereocenters. The summed E-state index contributed by atoms with van der Waals surface area (Å²) >= 11 is 0. The Bertz CT molecular complexity index is 760. The Labute approximate surface area is 124 Å². The van der Waals surface area contributed by atoms with E-state index >= 15 is 0 Å². The number of aryl methyl sites for hydroxylation is 2. The van der Waals surface area contributed by atoms with Gasteiger partial charge in [-0.1, -0.05) is 19.1 Å². The molecule has 4 nitrogen and oxygen atoms in total. The Balaban J connectivity index is 2.07. The van der Waals surface area contributed by atoms with Crippen LogP contribution in [-0.2, 0) is 7.05 Å². The van der Waals surface area contributed by atoms with E-state index in [1.54, 1.807) is 0 Å². The highest BCUT2D eigenvalue weighted by atomic mass is 15.3. The fourth-order valence-electron chi connectivity index (χ4n) is 2.69. The molecule has 0 aliphatic carbocycles. The number of rotatable bonds is 4. The van der Waals surface area contributed by atoms with Gasteiger partial charge in [0, 0.05) is 24.3 Å². The van der Waals surface area contributed by atoms with Crippen LogP contribution in [0.2, 0.25) is 0 Å². The molecular weight excluding hydrogens is 260 g/mol. The molecule has 21 heavy (non-hydrogen) atoms. The van der Waals surface area contributed by atoms with Crippen molar-refractivity contribution in [3.63, 3.8) is 0 Å². The third-order valence-electron chi connectivity index (χ3n) is 3.75. The number of nitrogens with one attached hydrogen (secondary N) is 1. The predicted molar refractivity (Wildman–Crippen MR) is 85.2 cm³/mol. The predicted octanol–water partition coefficient (Wildman–Crippen LogP) is 2.98. The average Bonchev–Trinajstić information content (AvgIpc) is 2.90. The molecule has 0 bridgehead atoms. The minimum absolute atomic E-state index is 0.146. The Kier molecular flexibility index (Phi) is 3.71. The summed E-state index contributed by atoms with van der Waals surface area (Å²) in [5.74, 6) is 0. The van der Waals surface area contributed by atoms with Crippen molar-refractivity contribution in [3.8, 4) is 0 Å². The fraction of sp³-hybridized carbons (Fsp3) is 0.294. The lowest BCUT2D eigenvalue weighted by Crippen LogP contribution is -2.24. The van der Waals surface area contributed by atoms with Crippen molar-refractivity contribution in [1.29, 1.82) is 0 Å². The summed E-state index contributed by atoms with van der Waals surface area (Å²) in [4.78, 5) is 4.56. The lowest BCUT2D eigenvalue weighted by atomic mass is 10.0. The maximum absolute atomic E-state index is 4.56. The third kappa shape index (κ3) is 2.67. The molecule has 1 aromatic carbocycles. The average molecular weight is 280 g/mol. The number of fused-ring (bicyclic) bond motifs is 1. The molecule has 0 radical (unpaired) electrons. The van der Waals surface area contributed by atoms with Crippen LogP contribution >= 0.6 is 0 Å². The lowest BCUT2D eigenvalue weighted by Gasteiger charge is -2.19. The molecule has 3 rings (SSSR count). The quantitative estimate of drug-likeness (QED) is 0.799. The first-order chi connectivity index (χ1) is 10.2. The van der Waals surface area contributed by atoms with Crippen LogP contribution in [0.1, 0.15) is 29.9 Å². The molecule has 0 fully saturated rings. The molecule has 1 N–H and O–H groups in total. The van der Waals surface area contributed by atoms with Crippen molar-refractivity contribution < 1.29 is 0 Å². The summed E-state index contributed by atoms with van der Waals surface area (Å²) in [5.41, 5.74) is 4.49. The molecular formula is C17H20N4. The number of hydrogen-bond donors (Lipinski definition) is 1. The summed E-state index contributed by atoms with van der Waals surface area (Å²) in [6.45, 7) is 5.04. The van der Waals surface area contributed by atoms with Crippen molar-refractivity contribution in [2.75, 3.05) is 6.54 Å². The van der Waals surface area contributed by atoms with E-state index in [1.165, 1.54) is 10.9 Å². The first kappa shape index (κ1) is 13.8. The lowest BCUT2D eigenvalue weighted by molar-refractivity contribution is 0.573. The van der Waals surface area contributed by atoms with E-state index in [0.29, 0.717) is 0 Å². The van der Waals surface area contributed by atoms with E-state index in [-0.39, 0.29) is 6.04 Å². The van der Waals surface area contributed by atoms with Crippen LogP contribution < -0.4 is 5.32 Å². The molecule has 3 aromatic rings. The molecule has 1 atom stereocenters. The molecule has 108 valence electrons. The number of aromatic nitrogens is 3. The van der Waals surface area contributed by atoms with Gasteiger partial charge in [-0.3, -0.25) is 9.67 Å². The summed E-state index contributed by atoms with van der Waals surface area (Å²) in [6.07, 6.45) is 1.84. The maximum atomic E-state index is 4.56. The van der Waals surface area contributed by atoms with Crippen molar-refractivity contribution in [3.05, 3.63) is 59.5 Å². The van der Waals surface area contributed by atoms with E-state index in [1.807, 2.05) is 24.9 Å². The van der Waals surface area contributed by atoms with Crippen molar-refractivity contribution in [2.45, 2.75) is 19.9 Å². The van der Waals surface area contributed by atoms with Crippen LogP contribution in [0.4, 0.5) is 0 Å². The van der Waals surface area contributed by atoms with Gasteiger partial charge in [0.15, 0.2) is 0 Å². The van der Waals surface area contributed by atoms with Gasteiger partial charge in [-0.15, -0.1) is 0 Å². The normalized spacial score (nSPS) is 12.7. The molecule has 4 heteroatoms. The first-order valence-corrected chi connectivity index (χ1v) is 7.27. The Morgan fingerprint density at radius 1 is 1.19 bits per heavy atom. The highest BCUT2D eigenvalue weighted by Crippen LogP contribution is 2.24. The van der Waals surface area contributed by atoms with E-state index in [4.69, 9.17) is 0 Å². The van der Waals surface area contributed by atoms with E-state index < -0.39 is 0 Å². The second kappa shape index (κ2) is 5.66. The molecule has 0 amide bonds. The van der Waals surface area contributed by atoms with Gasteiger partial charge in [-0.25, -0.2) is 0 Å². The Morgan fingerprint density at radius 2 is 2.05 bits per heavy atom. The highest BCUT2D eigenvalue weighted by Gasteiger charge is 2.16. The van der Waals surface area contributed by atoms with Crippen LogP contribution in [0, 0.1) is 6.92 Å². The zero-order valence-corrected chi connectivity index (χ0v) is 12.7. The smallest absolute Gasteiger partial charge is 0.0748 e. The van der Waals surface area contributed by atoms with E-state index in [9.17, 15) is 0 Å². The SMILES string of the molecule is CCNC(c1ccc2nc(C)ccc2c1)c1ccnn1C. The van der Waals surface area contributed by atoms with E-state index in [2.05, 4.69) is 58.7 Å². The largest absolute Gasteiger partial charge is 0.305 e. The van der Waals surface area contributed by atoms with Gasteiger partial charge in [-0.05, 0) is 43.3 Å². The Morgan fingerprint density at radius 3 is 2.76 bits per heavy atom. The van der Waals surface area contributed by atoms with Crippen molar-refractivity contribution in [2.24, 2.45) is 7.05 Å². The zero-order valence-electron chi connectivity index (χ0n) is 12.7. The van der Waals surface area contributed by atoms with Crippen LogP contribution in [-0.4, -0.2) is 21.3 Å². The maximum Gasteiger partial charge on any atom is 0.0748 e. The van der Waals surface area contributed by atoms with Crippen LogP contribution in [0.15, 0.2) is 42.6 Å². The molecule has 0 aliphatic rings. The van der Waals surface area contributed by atoms with Crippen LogP contribution in [0.3, 0.4) is 0 Å². The first-order valence-electron chi connectivity index (χ1n) is 7.27. The van der Waals surface area contributed by atoms with Gasteiger partial charge in [0.25, 0.3) is 0 Å². The molecule has 0 saturated heterocycles. The molecule has 0 saturated carbocycles. The number of nitrogens with zero attached hydrogens (tertiary/aromatic N) is 3. The molecule has 2 aromatic heterocycles. The minimum atomic E-state index is 0.146. The number of hydrogen-bond acceptors (Lipinski definition) is 3. The second-order valence-corrected chi connectivity index (χ2v) is 5.28. The zero-order chi connectivity index (χ0) is 14.8. The Hall–Kier alpha value is -2.20. The van der Waals surface area contributed by atoms with Gasteiger partial charge in [-0.2, -0.15) is 5.10 Å². The monoisotopic (exact) mass is 280 g/mol. The standard InChI is InChI=1S/C17H20N4/c1-4-18-17(16-9-10-19-21(16)3)14-7-8-15-13(11-14)6-5-12(2)20-15/h5-11,17-18H,4H2,1-3H3. The number of pyridine rings is 1. The number of benzene rings is 1. The summed E-state index contributed by atoms with van der Waals surface area (Å²) in [6, 6.07) is 12.8. The van der Waals surface area contributed by atoms with E-state index in [0.717, 1.165) is 23.4 Å². The summed E-state index contributed by atoms with van der Waals surface area (Å²) in [5, 5.41) is 8.99. The molecule has 2 heterocycles. The van der Waals surface area contributed by atoms with Crippen LogP contribution in [0.25, 0.3) is 10.9 Å². The van der Waals surface area contributed by atoms with Gasteiger partial charge in [0.1, 0.15) is 0 Å². The summed E-state index contributed by atoms with van der Waals surface area (Å²) in [7, 11) is 1.98. The van der Waals surface area contributed by atoms with Gasteiger partial charge >= 0.3 is 0 Å². The summed E-state index contributed by atoms with van der Waals surface area (Å²) < 4.78 is 1.92. The van der Waals surface area contributed by atoms with Gasteiger partial charge in [0.2, 0.25) is 0 Å². The minimum Gasteiger partial charge on any atom is -0.305 e. The van der Waals surface area contributed by atoms with Crippen LogP contribution in [0.5, 0.6) is 0 Å². The van der Waals surface area contributed by atoms with Crippen molar-refractivity contribution >= 4 is 10.9 Å². The molecule has 0 aliphatic heterocycles. The molecule has 0 spiro atoms. The third-order valence-corrected chi connectivity index (χ3v) is 3.75. The van der Waals surface area contributed by atoms with Gasteiger partial charge < -0.3 is 5.32 Å². The fourth-order valence-corrected chi connectivity index (χ4v) is 2.69.